The Bertz CT molecular complexity index is 581. The van der Waals surface area contributed by atoms with Crippen molar-refractivity contribution in [3.63, 3.8) is 0 Å². The fourth-order valence-electron chi connectivity index (χ4n) is 1.56. The number of nitrogens with zero attached hydrogens (tertiary/aromatic N) is 1. The van der Waals surface area contributed by atoms with E-state index in [2.05, 4.69) is 10.6 Å². The van der Waals surface area contributed by atoms with Gasteiger partial charge in [-0.3, -0.25) is 4.79 Å². The van der Waals surface area contributed by atoms with E-state index in [1.807, 2.05) is 13.0 Å². The van der Waals surface area contributed by atoms with Crippen molar-refractivity contribution in [1.29, 1.82) is 5.26 Å². The van der Waals surface area contributed by atoms with E-state index in [4.69, 9.17) is 27.3 Å². The van der Waals surface area contributed by atoms with Gasteiger partial charge in [0.15, 0.2) is 0 Å². The van der Waals surface area contributed by atoms with Crippen LogP contribution in [0.5, 0.6) is 0 Å². The number of nitrogens with two attached hydrogens (primary N) is 1. The number of anilines is 2. The van der Waals surface area contributed by atoms with Gasteiger partial charge in [-0.2, -0.15) is 5.26 Å². The van der Waals surface area contributed by atoms with Crippen molar-refractivity contribution in [2.45, 2.75) is 13.3 Å². The average molecular weight is 323 g/mol. The summed E-state index contributed by atoms with van der Waals surface area (Å²) in [6, 6.07) is 6.76. The molecule has 0 saturated heterocycles. The van der Waals surface area contributed by atoms with Gasteiger partial charge in [-0.15, -0.1) is 0 Å². The smallest absolute Gasteiger partial charge is 0.263 e. The zero-order valence-electron chi connectivity index (χ0n) is 12.4. The quantitative estimate of drug-likeness (QED) is 0.295. The molecule has 1 amide bonds. The minimum atomic E-state index is -0.446. The lowest BCUT2D eigenvalue weighted by molar-refractivity contribution is -0.117. The van der Waals surface area contributed by atoms with Crippen molar-refractivity contribution in [1.82, 2.24) is 5.32 Å². The molecule has 0 atom stereocenters. The number of ether oxygens (including phenoxy) is 1. The molecule has 118 valence electrons. The summed E-state index contributed by atoms with van der Waals surface area (Å²) in [6.45, 7) is 3.56. The molecule has 0 unspecified atom stereocenters. The van der Waals surface area contributed by atoms with Crippen molar-refractivity contribution >= 4 is 28.9 Å². The maximum absolute atomic E-state index is 11.8. The largest absolute Gasteiger partial charge is 0.399 e. The Balaban J connectivity index is 2.55. The Morgan fingerprint density at radius 3 is 2.95 bits per heavy atom. The first-order chi connectivity index (χ1) is 10.6. The molecule has 0 bridgehead atoms. The third-order valence-corrected chi connectivity index (χ3v) is 3.00. The van der Waals surface area contributed by atoms with Crippen LogP contribution >= 0.6 is 11.6 Å². The van der Waals surface area contributed by atoms with Crippen LogP contribution in [0.3, 0.4) is 0 Å². The van der Waals surface area contributed by atoms with Crippen molar-refractivity contribution in [3.05, 3.63) is 35.0 Å². The van der Waals surface area contributed by atoms with Crippen molar-refractivity contribution in [3.8, 4) is 6.07 Å². The molecule has 4 N–H and O–H groups in total. The highest BCUT2D eigenvalue weighted by molar-refractivity contribution is 6.33. The van der Waals surface area contributed by atoms with Gasteiger partial charge in [0.05, 0.1) is 10.7 Å². The molecular weight excluding hydrogens is 304 g/mol. The first kappa shape index (κ1) is 17.8. The fraction of sp³-hybridized carbons (Fsp3) is 0.333. The Morgan fingerprint density at radius 2 is 2.32 bits per heavy atom. The third-order valence-electron chi connectivity index (χ3n) is 2.69. The Labute approximate surface area is 134 Å². The van der Waals surface area contributed by atoms with Gasteiger partial charge in [-0.25, -0.2) is 0 Å². The number of nitrogen functional groups attached to an aromatic ring is 1. The number of amides is 1. The molecule has 0 radical (unpaired) electrons. The summed E-state index contributed by atoms with van der Waals surface area (Å²) in [4.78, 5) is 11.8. The van der Waals surface area contributed by atoms with Crippen LogP contribution in [0.4, 0.5) is 11.4 Å². The minimum absolute atomic E-state index is 0.0377. The first-order valence-electron chi connectivity index (χ1n) is 6.86. The number of rotatable bonds is 8. The molecule has 0 aliphatic carbocycles. The standard InChI is InChI=1S/C15H19ClN4O2/c1-2-22-7-3-6-19-15(21)11(9-17)10-20-14-5-4-12(18)8-13(14)16/h4-5,8,10,20H,2-3,6-7,18H2,1H3,(H,19,21)/b11-10-. The second kappa shape index (κ2) is 9.66. The number of nitriles is 1. The number of benzene rings is 1. The minimum Gasteiger partial charge on any atom is -0.399 e. The predicted octanol–water partition coefficient (Wildman–Crippen LogP) is 2.28. The van der Waals surface area contributed by atoms with Crippen LogP contribution in [-0.2, 0) is 9.53 Å². The predicted molar refractivity (Wildman–Crippen MR) is 87.3 cm³/mol. The molecule has 7 heteroatoms. The highest BCUT2D eigenvalue weighted by Gasteiger charge is 2.08. The number of hydrogen-bond acceptors (Lipinski definition) is 5. The molecule has 0 heterocycles. The molecule has 6 nitrogen and oxygen atoms in total. The normalized spacial score (nSPS) is 10.9. The number of halogens is 1. The summed E-state index contributed by atoms with van der Waals surface area (Å²) >= 11 is 6.00. The summed E-state index contributed by atoms with van der Waals surface area (Å²) in [5.74, 6) is -0.446. The van der Waals surface area contributed by atoms with Crippen LogP contribution in [0.15, 0.2) is 30.0 Å². The molecule has 0 aliphatic heterocycles. The average Bonchev–Trinajstić information content (AvgIpc) is 2.49. The topological polar surface area (TPSA) is 100 Å². The van der Waals surface area contributed by atoms with Crippen molar-refractivity contribution in [2.75, 3.05) is 30.8 Å². The van der Waals surface area contributed by atoms with Crippen LogP contribution in [0.25, 0.3) is 0 Å². The molecule has 1 rings (SSSR count). The van der Waals surface area contributed by atoms with Crippen LogP contribution in [0.1, 0.15) is 13.3 Å². The zero-order chi connectivity index (χ0) is 16.4. The van der Waals surface area contributed by atoms with Gasteiger partial charge in [0.1, 0.15) is 11.6 Å². The zero-order valence-corrected chi connectivity index (χ0v) is 13.1. The van der Waals surface area contributed by atoms with E-state index in [1.54, 1.807) is 18.2 Å². The lowest BCUT2D eigenvalue weighted by Gasteiger charge is -2.07. The molecule has 1 aromatic rings. The van der Waals surface area contributed by atoms with Gasteiger partial charge in [0.25, 0.3) is 5.91 Å². The Kier molecular flexibility index (Phi) is 7.83. The maximum atomic E-state index is 11.8. The van der Waals surface area contributed by atoms with Gasteiger partial charge >= 0.3 is 0 Å². The molecule has 0 saturated carbocycles. The lowest BCUT2D eigenvalue weighted by Crippen LogP contribution is -2.26. The van der Waals surface area contributed by atoms with E-state index in [1.165, 1.54) is 6.20 Å². The summed E-state index contributed by atoms with van der Waals surface area (Å²) in [6.07, 6.45) is 2.00. The molecule has 0 aromatic heterocycles. The number of nitrogens with one attached hydrogen (secondary N) is 2. The molecule has 0 spiro atoms. The van der Waals surface area contributed by atoms with Gasteiger partial charge in [0, 0.05) is 31.6 Å². The van der Waals surface area contributed by atoms with E-state index in [0.29, 0.717) is 42.6 Å². The molecule has 1 aromatic carbocycles. The van der Waals surface area contributed by atoms with Gasteiger partial charge in [-0.05, 0) is 31.5 Å². The van der Waals surface area contributed by atoms with Gasteiger partial charge < -0.3 is 21.1 Å². The van der Waals surface area contributed by atoms with E-state index >= 15 is 0 Å². The van der Waals surface area contributed by atoms with E-state index < -0.39 is 5.91 Å². The monoisotopic (exact) mass is 322 g/mol. The summed E-state index contributed by atoms with van der Waals surface area (Å²) in [5, 5.41) is 14.9. The second-order valence-corrected chi connectivity index (χ2v) is 4.77. The summed E-state index contributed by atoms with van der Waals surface area (Å²) < 4.78 is 5.16. The van der Waals surface area contributed by atoms with E-state index in [0.717, 1.165) is 0 Å². The second-order valence-electron chi connectivity index (χ2n) is 4.36. The number of carbonyl (C=O) groups is 1. The molecular formula is C15H19ClN4O2. The highest BCUT2D eigenvalue weighted by atomic mass is 35.5. The van der Waals surface area contributed by atoms with Crippen LogP contribution < -0.4 is 16.4 Å². The first-order valence-corrected chi connectivity index (χ1v) is 7.24. The number of carbonyl (C=O) groups excluding carboxylic acids is 1. The molecule has 0 aliphatic rings. The highest BCUT2D eigenvalue weighted by Crippen LogP contribution is 2.24. The van der Waals surface area contributed by atoms with Crippen LogP contribution in [0, 0.1) is 11.3 Å². The molecule has 22 heavy (non-hydrogen) atoms. The van der Waals surface area contributed by atoms with Gasteiger partial charge in [0.2, 0.25) is 0 Å². The fourth-order valence-corrected chi connectivity index (χ4v) is 1.81. The van der Waals surface area contributed by atoms with Crippen LogP contribution in [-0.4, -0.2) is 25.7 Å². The van der Waals surface area contributed by atoms with E-state index in [-0.39, 0.29) is 5.57 Å². The molecule has 0 fully saturated rings. The van der Waals surface area contributed by atoms with E-state index in [9.17, 15) is 4.79 Å². The Morgan fingerprint density at radius 1 is 1.55 bits per heavy atom. The number of hydrogen-bond donors (Lipinski definition) is 3. The Hall–Kier alpha value is -2.23. The van der Waals surface area contributed by atoms with Crippen molar-refractivity contribution in [2.24, 2.45) is 0 Å². The maximum Gasteiger partial charge on any atom is 0.263 e. The summed E-state index contributed by atoms with van der Waals surface area (Å²) in [7, 11) is 0. The third kappa shape index (κ3) is 6.04. The van der Waals surface area contributed by atoms with Gasteiger partial charge in [-0.1, -0.05) is 11.6 Å². The van der Waals surface area contributed by atoms with Crippen molar-refractivity contribution < 1.29 is 9.53 Å². The lowest BCUT2D eigenvalue weighted by atomic mass is 10.2. The SMILES string of the molecule is CCOCCCNC(=O)/C(C#N)=C\Nc1ccc(N)cc1Cl. The summed E-state index contributed by atoms with van der Waals surface area (Å²) in [5.41, 5.74) is 6.65. The van der Waals surface area contributed by atoms with Crippen LogP contribution in [0.2, 0.25) is 5.02 Å².